The highest BCUT2D eigenvalue weighted by molar-refractivity contribution is 5.92. The van der Waals surface area contributed by atoms with Crippen molar-refractivity contribution in [1.29, 1.82) is 0 Å². The molecule has 36 heavy (non-hydrogen) atoms. The Morgan fingerprint density at radius 1 is 0.972 bits per heavy atom. The average Bonchev–Trinajstić information content (AvgIpc) is 2.87. The first-order valence-corrected chi connectivity index (χ1v) is 13.1. The maximum Gasteiger partial charge on any atom is 0.333 e. The first-order chi connectivity index (χ1) is 17.3. The number of carbonyl (C=O) groups is 2. The molecule has 1 saturated heterocycles. The van der Waals surface area contributed by atoms with Crippen molar-refractivity contribution in [3.63, 3.8) is 0 Å². The smallest absolute Gasteiger partial charge is 0.333 e. The number of benzene rings is 2. The van der Waals surface area contributed by atoms with Crippen LogP contribution in [0.1, 0.15) is 52.1 Å². The Morgan fingerprint density at radius 3 is 2.11 bits per heavy atom. The van der Waals surface area contributed by atoms with Crippen LogP contribution in [0.3, 0.4) is 0 Å². The molecule has 1 atom stereocenters. The highest BCUT2D eigenvalue weighted by atomic mass is 19.1. The fraction of sp³-hybridized carbons (Fsp3) is 0.500. The van der Waals surface area contributed by atoms with E-state index in [1.165, 1.54) is 6.07 Å². The second-order valence-corrected chi connectivity index (χ2v) is 9.36. The zero-order valence-corrected chi connectivity index (χ0v) is 21.9. The number of rotatable bonds is 10. The number of anilines is 2. The summed E-state index contributed by atoms with van der Waals surface area (Å²) in [6.07, 6.45) is 1.49. The van der Waals surface area contributed by atoms with Crippen LogP contribution in [0.2, 0.25) is 0 Å². The van der Waals surface area contributed by atoms with Crippen molar-refractivity contribution in [3.8, 4) is 5.75 Å². The fourth-order valence-corrected chi connectivity index (χ4v) is 4.94. The van der Waals surface area contributed by atoms with E-state index in [0.717, 1.165) is 23.3 Å². The first-order valence-electron chi connectivity index (χ1n) is 13.1. The molecule has 2 amide bonds. The van der Waals surface area contributed by atoms with Crippen LogP contribution < -0.4 is 15.1 Å². The number of quaternary nitrogens is 1. The minimum Gasteiger partial charge on any atom is -0.508 e. The lowest BCUT2D eigenvalue weighted by atomic mass is 10.0. The van der Waals surface area contributed by atoms with Crippen molar-refractivity contribution in [2.24, 2.45) is 5.92 Å². The van der Waals surface area contributed by atoms with Gasteiger partial charge >= 0.3 is 5.91 Å². The van der Waals surface area contributed by atoms with Gasteiger partial charge in [0.25, 0.3) is 0 Å². The summed E-state index contributed by atoms with van der Waals surface area (Å²) in [6, 6.07) is 11.3. The summed E-state index contributed by atoms with van der Waals surface area (Å²) in [5, 5.41) is 12.6. The van der Waals surface area contributed by atoms with Gasteiger partial charge in [0.05, 0.1) is 18.8 Å². The zero-order valence-electron chi connectivity index (χ0n) is 21.9. The minimum atomic E-state index is -0.421. The lowest BCUT2D eigenvalue weighted by Gasteiger charge is -2.39. The summed E-state index contributed by atoms with van der Waals surface area (Å²) in [5.41, 5.74) is 1.82. The Morgan fingerprint density at radius 2 is 1.58 bits per heavy atom. The molecule has 1 fully saturated rings. The van der Waals surface area contributed by atoms with Crippen LogP contribution in [-0.2, 0) is 9.59 Å². The van der Waals surface area contributed by atoms with E-state index in [4.69, 9.17) is 0 Å². The van der Waals surface area contributed by atoms with E-state index in [1.807, 2.05) is 44.7 Å². The lowest BCUT2D eigenvalue weighted by Crippen LogP contribution is -3.14. The molecule has 196 valence electrons. The van der Waals surface area contributed by atoms with Crippen LogP contribution in [0.5, 0.6) is 5.75 Å². The summed E-state index contributed by atoms with van der Waals surface area (Å²) in [5.74, 6) is -0.253. The van der Waals surface area contributed by atoms with Crippen LogP contribution in [-0.4, -0.2) is 61.1 Å². The van der Waals surface area contributed by atoms with Gasteiger partial charge in [0, 0.05) is 37.8 Å². The molecule has 0 saturated carbocycles. The van der Waals surface area contributed by atoms with Gasteiger partial charge < -0.3 is 15.3 Å². The van der Waals surface area contributed by atoms with Gasteiger partial charge in [-0.15, -0.1) is 0 Å². The van der Waals surface area contributed by atoms with Gasteiger partial charge in [0.15, 0.2) is 6.04 Å². The summed E-state index contributed by atoms with van der Waals surface area (Å²) < 4.78 is 15.0. The Labute approximate surface area is 213 Å². The van der Waals surface area contributed by atoms with Gasteiger partial charge in [-0.3, -0.25) is 14.6 Å². The third kappa shape index (κ3) is 6.42. The van der Waals surface area contributed by atoms with Crippen molar-refractivity contribution >= 4 is 23.2 Å². The number of nitrogens with zero attached hydrogens (tertiary/aromatic N) is 2. The average molecular weight is 500 g/mol. The number of phenols is 1. The molecule has 0 aromatic heterocycles. The summed E-state index contributed by atoms with van der Waals surface area (Å²) in [7, 11) is 0. The van der Waals surface area contributed by atoms with Gasteiger partial charge in [0.2, 0.25) is 5.91 Å². The van der Waals surface area contributed by atoms with E-state index >= 15 is 4.39 Å². The van der Waals surface area contributed by atoms with E-state index in [-0.39, 0.29) is 29.3 Å². The molecule has 3 rings (SSSR count). The molecule has 2 aromatic carbocycles. The van der Waals surface area contributed by atoms with Crippen molar-refractivity contribution in [1.82, 2.24) is 4.90 Å². The zero-order chi connectivity index (χ0) is 26.2. The highest BCUT2D eigenvalue weighted by Gasteiger charge is 2.36. The Hall–Kier alpha value is -2.97. The molecule has 0 radical (unpaired) electrons. The minimum absolute atomic E-state index is 0.0803. The van der Waals surface area contributed by atoms with Crippen LogP contribution in [0.4, 0.5) is 15.8 Å². The standard InChI is InChI=1S/C28H39FN4O3/c1-5-20(6-2)27(35)30-22-11-14-25(24(29)19-22)32-15-17-33(18-16-32)26(28(36)31(7-3)8-4)21-9-12-23(34)13-10-21/h9-14,19-20,26,34H,5-8,15-18H2,1-4H3,(H,30,35)/p+1. The Kier molecular flexibility index (Phi) is 9.84. The van der Waals surface area contributed by atoms with Gasteiger partial charge in [-0.25, -0.2) is 9.18 Å². The Balaban J connectivity index is 1.72. The van der Waals surface area contributed by atoms with E-state index in [0.29, 0.717) is 50.6 Å². The number of carbonyl (C=O) groups excluding carboxylic acids is 2. The van der Waals surface area contributed by atoms with Crippen LogP contribution in [0, 0.1) is 11.7 Å². The molecular formula is C28H40FN4O3+. The molecule has 8 heteroatoms. The molecule has 7 nitrogen and oxygen atoms in total. The monoisotopic (exact) mass is 499 g/mol. The number of halogens is 1. The first kappa shape index (κ1) is 27.6. The molecule has 0 spiro atoms. The maximum absolute atomic E-state index is 15.0. The van der Waals surface area contributed by atoms with Gasteiger partial charge in [-0.05, 0) is 62.6 Å². The fourth-order valence-electron chi connectivity index (χ4n) is 4.94. The molecule has 1 unspecified atom stereocenters. The SMILES string of the molecule is CCC(CC)C(=O)Nc1ccc(N2CCN(C(C(=O)[NH+](CC)CC)c3ccc(O)cc3)CC2)c(F)c1. The van der Waals surface area contributed by atoms with E-state index in [2.05, 4.69) is 10.2 Å². The number of piperazine rings is 1. The number of amides is 2. The molecule has 1 aliphatic heterocycles. The number of likely N-dealkylation sites (N-methyl/N-ethyl adjacent to an activating group) is 1. The second kappa shape index (κ2) is 12.8. The van der Waals surface area contributed by atoms with Crippen LogP contribution >= 0.6 is 0 Å². The Bertz CT molecular complexity index is 1010. The summed E-state index contributed by atoms with van der Waals surface area (Å²) in [6.45, 7) is 11.7. The van der Waals surface area contributed by atoms with Gasteiger partial charge in [-0.2, -0.15) is 0 Å². The van der Waals surface area contributed by atoms with E-state index in [1.54, 1.807) is 24.3 Å². The maximum atomic E-state index is 15.0. The van der Waals surface area contributed by atoms with Crippen LogP contribution in [0.25, 0.3) is 0 Å². The predicted molar refractivity (Wildman–Crippen MR) is 141 cm³/mol. The number of aromatic hydroxyl groups is 1. The topological polar surface area (TPSA) is 77.3 Å². The van der Waals surface area contributed by atoms with Gasteiger partial charge in [0.1, 0.15) is 11.6 Å². The largest absolute Gasteiger partial charge is 0.508 e. The summed E-state index contributed by atoms with van der Waals surface area (Å²) in [4.78, 5) is 30.9. The molecule has 1 aliphatic rings. The quantitative estimate of drug-likeness (QED) is 0.468. The third-order valence-corrected chi connectivity index (χ3v) is 7.25. The van der Waals surface area contributed by atoms with E-state index < -0.39 is 6.04 Å². The van der Waals surface area contributed by atoms with Crippen molar-refractivity contribution in [2.75, 3.05) is 49.5 Å². The normalized spacial score (nSPS) is 15.4. The molecule has 0 bridgehead atoms. The molecule has 3 N–H and O–H groups in total. The van der Waals surface area contributed by atoms with Crippen molar-refractivity contribution in [2.45, 2.75) is 46.6 Å². The third-order valence-electron chi connectivity index (χ3n) is 7.25. The highest BCUT2D eigenvalue weighted by Crippen LogP contribution is 2.28. The molecular weight excluding hydrogens is 459 g/mol. The molecule has 1 heterocycles. The molecule has 2 aromatic rings. The van der Waals surface area contributed by atoms with Crippen molar-refractivity contribution in [3.05, 3.63) is 53.8 Å². The predicted octanol–water partition coefficient (Wildman–Crippen LogP) is 3.22. The van der Waals surface area contributed by atoms with Crippen LogP contribution in [0.15, 0.2) is 42.5 Å². The molecule has 0 aliphatic carbocycles. The second-order valence-electron chi connectivity index (χ2n) is 9.36. The van der Waals surface area contributed by atoms with Crippen molar-refractivity contribution < 1.29 is 24.0 Å². The summed E-state index contributed by atoms with van der Waals surface area (Å²) >= 11 is 0. The number of hydrogen-bond donors (Lipinski definition) is 3. The van der Waals surface area contributed by atoms with Gasteiger partial charge in [-0.1, -0.05) is 26.0 Å². The lowest BCUT2D eigenvalue weighted by molar-refractivity contribution is -0.818. The van der Waals surface area contributed by atoms with E-state index in [9.17, 15) is 14.7 Å². The number of hydrogen-bond acceptors (Lipinski definition) is 5. The number of nitrogens with one attached hydrogen (secondary N) is 2. The number of phenolic OH excluding ortho intramolecular Hbond substituents is 1.